The zero-order valence-corrected chi connectivity index (χ0v) is 15.1. The Balaban J connectivity index is 1.79. The minimum Gasteiger partial charge on any atom is -0.497 e. The number of benzene rings is 2. The number of nitrogens with zero attached hydrogens (tertiary/aromatic N) is 1. The molecule has 0 atom stereocenters. The third-order valence-electron chi connectivity index (χ3n) is 4.70. The fraction of sp³-hybridized carbons (Fsp3) is 0.143. The summed E-state index contributed by atoms with van der Waals surface area (Å²) in [5, 5.41) is 0. The van der Waals surface area contributed by atoms with E-state index in [4.69, 9.17) is 15.2 Å². The number of aromatic amines is 1. The van der Waals surface area contributed by atoms with Crippen molar-refractivity contribution < 1.29 is 14.3 Å². The maximum Gasteiger partial charge on any atom is 0.267 e. The van der Waals surface area contributed by atoms with Gasteiger partial charge in [0.2, 0.25) is 0 Å². The van der Waals surface area contributed by atoms with Gasteiger partial charge >= 0.3 is 0 Å². The van der Waals surface area contributed by atoms with Gasteiger partial charge in [0.15, 0.2) is 0 Å². The number of imidazole rings is 1. The number of nitrogens with two attached hydrogens (primary N) is 1. The molecule has 0 unspecified atom stereocenters. The number of aromatic nitrogens is 2. The van der Waals surface area contributed by atoms with Gasteiger partial charge in [0, 0.05) is 11.1 Å². The highest BCUT2D eigenvalue weighted by molar-refractivity contribution is 5.98. The molecule has 1 heterocycles. The number of nitrogens with one attached hydrogen (secondary N) is 1. The van der Waals surface area contributed by atoms with E-state index < -0.39 is 5.91 Å². The molecule has 136 valence electrons. The molecule has 0 fully saturated rings. The van der Waals surface area contributed by atoms with Crippen LogP contribution in [0.15, 0.2) is 48.5 Å². The lowest BCUT2D eigenvalue weighted by Crippen LogP contribution is -2.12. The maximum atomic E-state index is 12.0. The Kier molecular flexibility index (Phi) is 4.16. The van der Waals surface area contributed by atoms with E-state index in [1.807, 2.05) is 42.5 Å². The molecule has 0 bridgehead atoms. The summed E-state index contributed by atoms with van der Waals surface area (Å²) in [5.74, 6) is 1.57. The maximum absolute atomic E-state index is 12.0. The van der Waals surface area contributed by atoms with Crippen LogP contribution in [-0.2, 0) is 6.42 Å². The lowest BCUT2D eigenvalue weighted by molar-refractivity contribution is 0.0996. The molecule has 0 aliphatic heterocycles. The van der Waals surface area contributed by atoms with Gasteiger partial charge in [0.25, 0.3) is 5.91 Å². The summed E-state index contributed by atoms with van der Waals surface area (Å²) in [7, 11) is 3.24. The van der Waals surface area contributed by atoms with Gasteiger partial charge in [0.05, 0.1) is 14.2 Å². The number of primary amides is 1. The molecule has 0 radical (unpaired) electrons. The number of carbonyl (C=O) groups excluding carboxylic acids is 1. The first-order chi connectivity index (χ1) is 13.1. The summed E-state index contributed by atoms with van der Waals surface area (Å²) < 4.78 is 10.5. The van der Waals surface area contributed by atoms with E-state index in [0.29, 0.717) is 11.5 Å². The van der Waals surface area contributed by atoms with Crippen LogP contribution in [0.1, 0.15) is 27.4 Å². The van der Waals surface area contributed by atoms with Crippen LogP contribution in [0, 0.1) is 0 Å². The first-order valence-electron chi connectivity index (χ1n) is 8.52. The monoisotopic (exact) mass is 361 g/mol. The van der Waals surface area contributed by atoms with Crippen LogP contribution < -0.4 is 15.2 Å². The van der Waals surface area contributed by atoms with Crippen LogP contribution in [0.25, 0.3) is 16.8 Å². The molecule has 6 nitrogen and oxygen atoms in total. The van der Waals surface area contributed by atoms with Gasteiger partial charge in [-0.3, -0.25) is 4.79 Å². The van der Waals surface area contributed by atoms with Gasteiger partial charge < -0.3 is 20.2 Å². The highest BCUT2D eigenvalue weighted by Gasteiger charge is 2.23. The Morgan fingerprint density at radius 1 is 1.07 bits per heavy atom. The molecule has 1 aliphatic carbocycles. The fourth-order valence-electron chi connectivity index (χ4n) is 3.29. The largest absolute Gasteiger partial charge is 0.497 e. The van der Waals surface area contributed by atoms with E-state index in [-0.39, 0.29) is 5.69 Å². The van der Waals surface area contributed by atoms with E-state index >= 15 is 0 Å². The topological polar surface area (TPSA) is 90.2 Å². The minimum atomic E-state index is -0.552. The van der Waals surface area contributed by atoms with Gasteiger partial charge in [-0.1, -0.05) is 12.1 Å². The molecule has 3 aromatic rings. The van der Waals surface area contributed by atoms with Crippen LogP contribution in [0.3, 0.4) is 0 Å². The summed E-state index contributed by atoms with van der Waals surface area (Å²) in [6, 6.07) is 13.3. The highest BCUT2D eigenvalue weighted by atomic mass is 16.5. The lowest BCUT2D eigenvalue weighted by Gasteiger charge is -2.06. The molecule has 0 saturated heterocycles. The Hall–Kier alpha value is -3.54. The highest BCUT2D eigenvalue weighted by Crippen LogP contribution is 2.35. The molecule has 1 aromatic heterocycles. The predicted octanol–water partition coefficient (Wildman–Crippen LogP) is 3.18. The van der Waals surface area contributed by atoms with Crippen molar-refractivity contribution in [2.75, 3.05) is 14.2 Å². The minimum absolute atomic E-state index is 0.285. The average Bonchev–Trinajstić information content (AvgIpc) is 3.31. The van der Waals surface area contributed by atoms with Crippen molar-refractivity contribution in [3.05, 3.63) is 71.2 Å². The van der Waals surface area contributed by atoms with Gasteiger partial charge in [-0.15, -0.1) is 0 Å². The second kappa shape index (κ2) is 6.64. The van der Waals surface area contributed by atoms with E-state index in [2.05, 4.69) is 16.0 Å². The summed E-state index contributed by atoms with van der Waals surface area (Å²) in [6.07, 6.45) is 2.89. The van der Waals surface area contributed by atoms with Gasteiger partial charge in [0.1, 0.15) is 28.7 Å². The Bertz CT molecular complexity index is 1050. The van der Waals surface area contributed by atoms with Crippen molar-refractivity contribution in [2.24, 2.45) is 5.73 Å². The van der Waals surface area contributed by atoms with Crippen LogP contribution in [0.4, 0.5) is 0 Å². The number of ether oxygens (including phenoxy) is 2. The van der Waals surface area contributed by atoms with Gasteiger partial charge in [-0.2, -0.15) is 0 Å². The number of amides is 1. The number of methoxy groups -OCH3 is 2. The van der Waals surface area contributed by atoms with Gasteiger partial charge in [-0.05, 0) is 53.9 Å². The molecule has 27 heavy (non-hydrogen) atoms. The van der Waals surface area contributed by atoms with E-state index in [1.165, 1.54) is 5.56 Å². The van der Waals surface area contributed by atoms with Crippen molar-refractivity contribution in [3.63, 3.8) is 0 Å². The van der Waals surface area contributed by atoms with E-state index in [1.54, 1.807) is 14.2 Å². The SMILES string of the molecule is COc1ccc(-c2nc(C3=CCc4ccc(OC)cc43)[nH]c2C(N)=O)cc1. The van der Waals surface area contributed by atoms with Crippen molar-refractivity contribution >= 4 is 11.5 Å². The Morgan fingerprint density at radius 3 is 2.44 bits per heavy atom. The molecule has 2 aromatic carbocycles. The third kappa shape index (κ3) is 2.95. The van der Waals surface area contributed by atoms with Crippen LogP contribution in [0.2, 0.25) is 0 Å². The smallest absolute Gasteiger partial charge is 0.267 e. The van der Waals surface area contributed by atoms with E-state index in [0.717, 1.165) is 34.6 Å². The molecule has 4 rings (SSSR count). The first-order valence-corrected chi connectivity index (χ1v) is 8.52. The number of hydrogen-bond acceptors (Lipinski definition) is 4. The number of allylic oxidation sites excluding steroid dienone is 1. The molecule has 6 heteroatoms. The summed E-state index contributed by atoms with van der Waals surface area (Å²) >= 11 is 0. The van der Waals surface area contributed by atoms with Crippen molar-refractivity contribution in [3.8, 4) is 22.8 Å². The summed E-state index contributed by atoms with van der Waals surface area (Å²) in [6.45, 7) is 0. The molecule has 0 spiro atoms. The number of carbonyl (C=O) groups is 1. The Morgan fingerprint density at radius 2 is 1.78 bits per heavy atom. The number of H-pyrrole nitrogens is 1. The number of hydrogen-bond donors (Lipinski definition) is 2. The zero-order chi connectivity index (χ0) is 19.0. The second-order valence-corrected chi connectivity index (χ2v) is 6.25. The average molecular weight is 361 g/mol. The second-order valence-electron chi connectivity index (χ2n) is 6.25. The molecule has 0 saturated carbocycles. The van der Waals surface area contributed by atoms with Gasteiger partial charge in [-0.25, -0.2) is 4.98 Å². The van der Waals surface area contributed by atoms with E-state index in [9.17, 15) is 4.79 Å². The molecule has 1 aliphatic rings. The number of fused-ring (bicyclic) bond motifs is 1. The fourth-order valence-corrected chi connectivity index (χ4v) is 3.29. The zero-order valence-electron chi connectivity index (χ0n) is 15.1. The summed E-state index contributed by atoms with van der Waals surface area (Å²) in [5.41, 5.74) is 10.4. The Labute approximate surface area is 156 Å². The standard InChI is InChI=1S/C21H19N3O3/c1-26-14-7-4-13(5-8-14)18-19(20(22)25)24-21(23-18)16-10-6-12-3-9-15(27-2)11-17(12)16/h3-5,7-11H,6H2,1-2H3,(H2,22,25)(H,23,24). The lowest BCUT2D eigenvalue weighted by atomic mass is 10.0. The predicted molar refractivity (Wildman–Crippen MR) is 103 cm³/mol. The molecular formula is C21H19N3O3. The number of rotatable bonds is 5. The first kappa shape index (κ1) is 16.9. The molecule has 3 N–H and O–H groups in total. The van der Waals surface area contributed by atoms with Crippen LogP contribution in [-0.4, -0.2) is 30.1 Å². The van der Waals surface area contributed by atoms with Crippen molar-refractivity contribution in [1.29, 1.82) is 0 Å². The normalized spacial score (nSPS) is 12.4. The molecular weight excluding hydrogens is 342 g/mol. The van der Waals surface area contributed by atoms with Crippen LogP contribution in [0.5, 0.6) is 11.5 Å². The molecule has 1 amide bonds. The summed E-state index contributed by atoms with van der Waals surface area (Å²) in [4.78, 5) is 19.8. The van der Waals surface area contributed by atoms with Crippen molar-refractivity contribution in [1.82, 2.24) is 9.97 Å². The van der Waals surface area contributed by atoms with Crippen molar-refractivity contribution in [2.45, 2.75) is 6.42 Å². The third-order valence-corrected chi connectivity index (χ3v) is 4.70. The van der Waals surface area contributed by atoms with Crippen LogP contribution >= 0.6 is 0 Å². The quantitative estimate of drug-likeness (QED) is 0.730.